The molecule has 0 saturated carbocycles. The number of hydrogen-bond donors (Lipinski definition) is 1. The third-order valence-electron chi connectivity index (χ3n) is 4.39. The van der Waals surface area contributed by atoms with Gasteiger partial charge in [0.2, 0.25) is 0 Å². The lowest BCUT2D eigenvalue weighted by Gasteiger charge is -2.09. The van der Waals surface area contributed by atoms with Crippen LogP contribution in [0.2, 0.25) is 0 Å². The number of aryl methyl sites for hydroxylation is 2. The molecule has 4 aromatic rings. The smallest absolute Gasteiger partial charge is 0.252 e. The number of hydrogen-bond acceptors (Lipinski definition) is 5. The fraction of sp³-hybridized carbons (Fsp3) is 0.190. The summed E-state index contributed by atoms with van der Waals surface area (Å²) in [5.41, 5.74) is 2.49. The summed E-state index contributed by atoms with van der Waals surface area (Å²) >= 11 is 0. The number of pyridine rings is 1. The van der Waals surface area contributed by atoms with E-state index < -0.39 is 0 Å². The average molecular weight is 376 g/mol. The summed E-state index contributed by atoms with van der Waals surface area (Å²) in [5.74, 6) is 1.17. The molecule has 3 aromatic heterocycles. The Morgan fingerprint density at radius 2 is 2.04 bits per heavy atom. The van der Waals surface area contributed by atoms with E-state index >= 15 is 0 Å². The highest BCUT2D eigenvalue weighted by Gasteiger charge is 2.19. The van der Waals surface area contributed by atoms with Crippen LogP contribution in [0.4, 0.5) is 0 Å². The first-order valence-corrected chi connectivity index (χ1v) is 8.98. The van der Waals surface area contributed by atoms with Crippen LogP contribution >= 0.6 is 0 Å². The zero-order valence-electron chi connectivity index (χ0n) is 15.7. The number of rotatable bonds is 6. The van der Waals surface area contributed by atoms with Gasteiger partial charge in [0.05, 0.1) is 29.5 Å². The maximum atomic E-state index is 12.9. The van der Waals surface area contributed by atoms with Gasteiger partial charge in [0.1, 0.15) is 18.1 Å². The molecule has 3 heterocycles. The number of aromatic nitrogens is 3. The van der Waals surface area contributed by atoms with Crippen molar-refractivity contribution < 1.29 is 13.9 Å². The largest absolute Gasteiger partial charge is 0.492 e. The van der Waals surface area contributed by atoms with Crippen LogP contribution in [0.1, 0.15) is 16.1 Å². The second kappa shape index (κ2) is 7.56. The molecule has 7 nitrogen and oxygen atoms in total. The Morgan fingerprint density at radius 1 is 1.21 bits per heavy atom. The van der Waals surface area contributed by atoms with Crippen LogP contribution in [0, 0.1) is 6.92 Å². The van der Waals surface area contributed by atoms with Gasteiger partial charge in [0.15, 0.2) is 11.4 Å². The van der Waals surface area contributed by atoms with E-state index in [4.69, 9.17) is 9.15 Å². The second-order valence-corrected chi connectivity index (χ2v) is 6.36. The van der Waals surface area contributed by atoms with E-state index in [1.165, 1.54) is 0 Å². The summed E-state index contributed by atoms with van der Waals surface area (Å²) in [5, 5.41) is 8.06. The number of benzene rings is 1. The van der Waals surface area contributed by atoms with Gasteiger partial charge >= 0.3 is 0 Å². The summed E-state index contributed by atoms with van der Waals surface area (Å²) in [7, 11) is 1.81. The standard InChI is InChI=1S/C21H20N4O3/c1-14-19-16(21(26)22-10-12-27-15-7-4-3-5-8-15)13-17(18-9-6-11-28-18)23-20(19)25(2)24-14/h3-9,11,13H,10,12H2,1-2H3,(H,22,26). The Balaban J connectivity index is 1.57. The van der Waals surface area contributed by atoms with Crippen LogP contribution in [0.15, 0.2) is 59.2 Å². The van der Waals surface area contributed by atoms with E-state index in [9.17, 15) is 4.79 Å². The molecule has 1 N–H and O–H groups in total. The molecule has 0 unspecified atom stereocenters. The molecule has 0 aliphatic carbocycles. The van der Waals surface area contributed by atoms with Crippen LogP contribution in [0.25, 0.3) is 22.5 Å². The second-order valence-electron chi connectivity index (χ2n) is 6.36. The summed E-state index contributed by atoms with van der Waals surface area (Å²) in [4.78, 5) is 17.5. The number of amides is 1. The highest BCUT2D eigenvalue weighted by Crippen LogP contribution is 2.27. The van der Waals surface area contributed by atoms with Gasteiger partial charge in [-0.25, -0.2) is 4.98 Å². The Hall–Kier alpha value is -3.61. The van der Waals surface area contributed by atoms with Gasteiger partial charge in [-0.3, -0.25) is 9.48 Å². The minimum atomic E-state index is -0.201. The van der Waals surface area contributed by atoms with Gasteiger partial charge in [-0.05, 0) is 37.3 Å². The predicted molar refractivity (Wildman–Crippen MR) is 105 cm³/mol. The maximum absolute atomic E-state index is 12.9. The van der Waals surface area contributed by atoms with Crippen molar-refractivity contribution in [3.05, 3.63) is 66.1 Å². The summed E-state index contributed by atoms with van der Waals surface area (Å²) in [6, 6.07) is 14.8. The minimum Gasteiger partial charge on any atom is -0.492 e. The van der Waals surface area contributed by atoms with E-state index in [0.717, 1.165) is 16.8 Å². The molecule has 0 radical (unpaired) electrons. The number of fused-ring (bicyclic) bond motifs is 1. The zero-order chi connectivity index (χ0) is 19.5. The van der Waals surface area contributed by atoms with Crippen molar-refractivity contribution in [2.24, 2.45) is 7.05 Å². The predicted octanol–water partition coefficient (Wildman–Crippen LogP) is 3.35. The SMILES string of the molecule is Cc1nn(C)c2nc(-c3ccco3)cc(C(=O)NCCOc3ccccc3)c12. The molecule has 0 aliphatic heterocycles. The highest BCUT2D eigenvalue weighted by atomic mass is 16.5. The number of carbonyl (C=O) groups is 1. The molecule has 0 bridgehead atoms. The Morgan fingerprint density at radius 3 is 2.79 bits per heavy atom. The number of nitrogens with zero attached hydrogens (tertiary/aromatic N) is 3. The van der Waals surface area contributed by atoms with Gasteiger partial charge in [-0.1, -0.05) is 18.2 Å². The van der Waals surface area contributed by atoms with Crippen molar-refractivity contribution in [2.45, 2.75) is 6.92 Å². The first kappa shape index (κ1) is 17.8. The average Bonchev–Trinajstić information content (AvgIpc) is 3.34. The van der Waals surface area contributed by atoms with Crippen LogP contribution in [0.5, 0.6) is 5.75 Å². The number of carbonyl (C=O) groups excluding carboxylic acids is 1. The monoisotopic (exact) mass is 376 g/mol. The molecule has 1 amide bonds. The Kier molecular flexibility index (Phi) is 4.80. The lowest BCUT2D eigenvalue weighted by molar-refractivity contribution is 0.0948. The summed E-state index contributed by atoms with van der Waals surface area (Å²) < 4.78 is 12.8. The van der Waals surface area contributed by atoms with Gasteiger partial charge < -0.3 is 14.5 Å². The van der Waals surface area contributed by atoms with Crippen LogP contribution in [-0.4, -0.2) is 33.8 Å². The molecule has 0 aliphatic rings. The van der Waals surface area contributed by atoms with E-state index in [1.807, 2.05) is 50.4 Å². The summed E-state index contributed by atoms with van der Waals surface area (Å²) in [6.45, 7) is 2.62. The van der Waals surface area contributed by atoms with Crippen LogP contribution < -0.4 is 10.1 Å². The van der Waals surface area contributed by atoms with Crippen molar-refractivity contribution in [1.29, 1.82) is 0 Å². The normalized spacial score (nSPS) is 10.9. The topological polar surface area (TPSA) is 82.2 Å². The number of ether oxygens (including phenoxy) is 1. The lowest BCUT2D eigenvalue weighted by atomic mass is 10.1. The molecule has 0 fully saturated rings. The minimum absolute atomic E-state index is 0.201. The van der Waals surface area contributed by atoms with Gasteiger partial charge in [0, 0.05) is 7.05 Å². The first-order valence-electron chi connectivity index (χ1n) is 8.98. The van der Waals surface area contributed by atoms with Crippen LogP contribution in [-0.2, 0) is 7.05 Å². The van der Waals surface area contributed by atoms with Crippen molar-refractivity contribution in [2.75, 3.05) is 13.2 Å². The van der Waals surface area contributed by atoms with E-state index in [2.05, 4.69) is 15.4 Å². The first-order chi connectivity index (χ1) is 13.6. The summed E-state index contributed by atoms with van der Waals surface area (Å²) in [6.07, 6.45) is 1.58. The molecule has 1 aromatic carbocycles. The highest BCUT2D eigenvalue weighted by molar-refractivity contribution is 6.07. The van der Waals surface area contributed by atoms with Gasteiger partial charge in [-0.2, -0.15) is 5.10 Å². The van der Waals surface area contributed by atoms with E-state index in [1.54, 1.807) is 23.1 Å². The molecule has 0 saturated heterocycles. The van der Waals surface area contributed by atoms with Gasteiger partial charge in [0.25, 0.3) is 5.91 Å². The molecular weight excluding hydrogens is 356 g/mol. The van der Waals surface area contributed by atoms with Crippen molar-refractivity contribution in [1.82, 2.24) is 20.1 Å². The molecule has 28 heavy (non-hydrogen) atoms. The van der Waals surface area contributed by atoms with Crippen molar-refractivity contribution >= 4 is 16.9 Å². The number of furan rings is 1. The molecular formula is C21H20N4O3. The Labute approximate surface area is 161 Å². The lowest BCUT2D eigenvalue weighted by Crippen LogP contribution is -2.28. The number of para-hydroxylation sites is 1. The van der Waals surface area contributed by atoms with E-state index in [-0.39, 0.29) is 5.91 Å². The van der Waals surface area contributed by atoms with E-state index in [0.29, 0.717) is 35.8 Å². The van der Waals surface area contributed by atoms with Gasteiger partial charge in [-0.15, -0.1) is 0 Å². The molecule has 7 heteroatoms. The number of nitrogens with one attached hydrogen (secondary N) is 1. The van der Waals surface area contributed by atoms with Crippen LogP contribution in [0.3, 0.4) is 0 Å². The molecule has 0 spiro atoms. The third kappa shape index (κ3) is 3.46. The van der Waals surface area contributed by atoms with Crippen molar-refractivity contribution in [3.63, 3.8) is 0 Å². The molecule has 4 rings (SSSR count). The quantitative estimate of drug-likeness (QED) is 0.522. The Bertz CT molecular complexity index is 1100. The molecule has 0 atom stereocenters. The third-order valence-corrected chi connectivity index (χ3v) is 4.39. The fourth-order valence-corrected chi connectivity index (χ4v) is 3.12. The van der Waals surface area contributed by atoms with Crippen molar-refractivity contribution in [3.8, 4) is 17.2 Å². The maximum Gasteiger partial charge on any atom is 0.252 e. The molecule has 142 valence electrons. The fourth-order valence-electron chi connectivity index (χ4n) is 3.12. The zero-order valence-corrected chi connectivity index (χ0v) is 15.7.